The second-order valence-electron chi connectivity index (χ2n) is 6.83. The van der Waals surface area contributed by atoms with E-state index >= 15 is 0 Å². The lowest BCUT2D eigenvalue weighted by Gasteiger charge is -2.32. The molecule has 6 nitrogen and oxygen atoms in total. The predicted molar refractivity (Wildman–Crippen MR) is 95.4 cm³/mol. The second-order valence-corrected chi connectivity index (χ2v) is 6.83. The Morgan fingerprint density at radius 1 is 1.17 bits per heavy atom. The average molecular weight is 331 g/mol. The summed E-state index contributed by atoms with van der Waals surface area (Å²) in [5, 5.41) is 3.07. The number of carbonyl (C=O) groups excluding carboxylic acids is 1. The van der Waals surface area contributed by atoms with Gasteiger partial charge in [0.1, 0.15) is 6.04 Å². The second kappa shape index (κ2) is 8.58. The smallest absolute Gasteiger partial charge is 0.238 e. The van der Waals surface area contributed by atoms with Gasteiger partial charge >= 0.3 is 0 Å². The van der Waals surface area contributed by atoms with E-state index in [2.05, 4.69) is 45.1 Å². The Balaban J connectivity index is 1.33. The zero-order valence-corrected chi connectivity index (χ0v) is 14.5. The molecule has 24 heavy (non-hydrogen) atoms. The van der Waals surface area contributed by atoms with E-state index in [1.165, 1.54) is 5.56 Å². The van der Waals surface area contributed by atoms with Gasteiger partial charge in [-0.2, -0.15) is 0 Å². The third kappa shape index (κ3) is 4.77. The molecule has 3 rings (SSSR count). The Bertz CT molecular complexity index is 515. The molecule has 2 unspecified atom stereocenters. The van der Waals surface area contributed by atoms with Crippen LogP contribution in [0.1, 0.15) is 24.4 Å². The van der Waals surface area contributed by atoms with Crippen LogP contribution in [0.2, 0.25) is 0 Å². The molecule has 0 bridgehead atoms. The first-order chi connectivity index (χ1) is 11.7. The third-order valence-electron chi connectivity index (χ3n) is 4.97. The number of carbonyl (C=O) groups is 1. The number of hydrazine groups is 1. The van der Waals surface area contributed by atoms with E-state index in [-0.39, 0.29) is 18.0 Å². The molecule has 2 aliphatic heterocycles. The number of nitrogens with zero attached hydrogens (tertiary/aromatic N) is 2. The Kier molecular flexibility index (Phi) is 6.20. The van der Waals surface area contributed by atoms with E-state index in [1.54, 1.807) is 0 Å². The van der Waals surface area contributed by atoms with Crippen LogP contribution in [0.25, 0.3) is 0 Å². The highest BCUT2D eigenvalue weighted by molar-refractivity contribution is 5.82. The molecule has 2 heterocycles. The van der Waals surface area contributed by atoms with Gasteiger partial charge in [-0.1, -0.05) is 30.3 Å². The van der Waals surface area contributed by atoms with Crippen molar-refractivity contribution in [3.8, 4) is 0 Å². The molecule has 1 aromatic carbocycles. The van der Waals surface area contributed by atoms with E-state index in [1.807, 2.05) is 18.2 Å². The third-order valence-corrected chi connectivity index (χ3v) is 4.97. The highest BCUT2D eigenvalue weighted by Crippen LogP contribution is 2.21. The summed E-state index contributed by atoms with van der Waals surface area (Å²) < 4.78 is 0. The molecule has 0 aromatic heterocycles. The summed E-state index contributed by atoms with van der Waals surface area (Å²) in [5.74, 6) is 0.0966. The number of amides is 1. The summed E-state index contributed by atoms with van der Waals surface area (Å²) in [7, 11) is 2.17. The van der Waals surface area contributed by atoms with Gasteiger partial charge in [0.2, 0.25) is 5.91 Å². The van der Waals surface area contributed by atoms with Crippen molar-refractivity contribution in [1.29, 1.82) is 0 Å². The quantitative estimate of drug-likeness (QED) is 0.657. The SMILES string of the molecule is CN1CCN(CCCNC(=O)C2CC(c3ccccc3)NN2)CC1. The largest absolute Gasteiger partial charge is 0.355 e. The predicted octanol–water partition coefficient (Wildman–Crippen LogP) is 0.348. The van der Waals surface area contributed by atoms with Crippen molar-refractivity contribution in [2.45, 2.75) is 24.9 Å². The molecule has 1 amide bonds. The molecule has 1 aromatic rings. The summed E-state index contributed by atoms with van der Waals surface area (Å²) in [6, 6.07) is 10.3. The van der Waals surface area contributed by atoms with Gasteiger partial charge in [0.05, 0.1) is 0 Å². The Hall–Kier alpha value is -1.47. The molecular formula is C18H29N5O. The first kappa shape index (κ1) is 17.4. The van der Waals surface area contributed by atoms with E-state index in [0.717, 1.165) is 52.1 Å². The molecular weight excluding hydrogens is 302 g/mol. The number of likely N-dealkylation sites (N-methyl/N-ethyl adjacent to an activating group) is 1. The lowest BCUT2D eigenvalue weighted by molar-refractivity contribution is -0.122. The number of rotatable bonds is 6. The molecule has 0 aliphatic carbocycles. The summed E-state index contributed by atoms with van der Waals surface area (Å²) in [5.41, 5.74) is 7.57. The molecule has 2 saturated heterocycles. The van der Waals surface area contributed by atoms with Gasteiger partial charge in [0.15, 0.2) is 0 Å². The Morgan fingerprint density at radius 2 is 1.92 bits per heavy atom. The summed E-state index contributed by atoms with van der Waals surface area (Å²) >= 11 is 0. The fraction of sp³-hybridized carbons (Fsp3) is 0.611. The van der Waals surface area contributed by atoms with Gasteiger partial charge in [-0.25, -0.2) is 10.9 Å². The van der Waals surface area contributed by atoms with Crippen LogP contribution in [-0.4, -0.2) is 68.1 Å². The molecule has 0 saturated carbocycles. The topological polar surface area (TPSA) is 59.6 Å². The highest BCUT2D eigenvalue weighted by Gasteiger charge is 2.29. The minimum atomic E-state index is -0.154. The minimum absolute atomic E-state index is 0.0966. The van der Waals surface area contributed by atoms with Crippen LogP contribution in [0.3, 0.4) is 0 Å². The summed E-state index contributed by atoms with van der Waals surface area (Å²) in [4.78, 5) is 17.1. The molecule has 2 fully saturated rings. The van der Waals surface area contributed by atoms with Crippen LogP contribution in [0.4, 0.5) is 0 Å². The molecule has 0 spiro atoms. The first-order valence-electron chi connectivity index (χ1n) is 8.97. The van der Waals surface area contributed by atoms with E-state index in [4.69, 9.17) is 0 Å². The lowest BCUT2D eigenvalue weighted by atomic mass is 10.0. The molecule has 2 aliphatic rings. The maximum absolute atomic E-state index is 12.3. The lowest BCUT2D eigenvalue weighted by Crippen LogP contribution is -2.46. The first-order valence-corrected chi connectivity index (χ1v) is 8.97. The van der Waals surface area contributed by atoms with Crippen LogP contribution in [0.15, 0.2) is 30.3 Å². The number of benzene rings is 1. The molecule has 6 heteroatoms. The summed E-state index contributed by atoms with van der Waals surface area (Å²) in [6.07, 6.45) is 1.80. The van der Waals surface area contributed by atoms with Crippen molar-refractivity contribution < 1.29 is 4.79 Å². The minimum Gasteiger partial charge on any atom is -0.355 e. The van der Waals surface area contributed by atoms with Crippen LogP contribution in [0, 0.1) is 0 Å². The molecule has 3 N–H and O–H groups in total. The zero-order valence-electron chi connectivity index (χ0n) is 14.5. The average Bonchev–Trinajstić information content (AvgIpc) is 3.11. The van der Waals surface area contributed by atoms with Crippen molar-refractivity contribution in [3.63, 3.8) is 0 Å². The maximum Gasteiger partial charge on any atom is 0.238 e. The van der Waals surface area contributed by atoms with Gasteiger partial charge in [-0.3, -0.25) is 4.79 Å². The zero-order chi connectivity index (χ0) is 16.8. The van der Waals surface area contributed by atoms with Crippen LogP contribution in [0.5, 0.6) is 0 Å². The van der Waals surface area contributed by atoms with Crippen molar-refractivity contribution in [3.05, 3.63) is 35.9 Å². The molecule has 132 valence electrons. The summed E-state index contributed by atoms with van der Waals surface area (Å²) in [6.45, 7) is 6.38. The van der Waals surface area contributed by atoms with Gasteiger partial charge in [0.25, 0.3) is 0 Å². The fourth-order valence-corrected chi connectivity index (χ4v) is 3.34. The standard InChI is InChI=1S/C18H29N5O/c1-22-10-12-23(13-11-22)9-5-8-19-18(24)17-14-16(20-21-17)15-6-3-2-4-7-15/h2-4,6-7,16-17,20-21H,5,8-14H2,1H3,(H,19,24). The normalized spacial score (nSPS) is 25.7. The van der Waals surface area contributed by atoms with E-state index in [9.17, 15) is 4.79 Å². The fourth-order valence-electron chi connectivity index (χ4n) is 3.34. The van der Waals surface area contributed by atoms with E-state index in [0.29, 0.717) is 0 Å². The van der Waals surface area contributed by atoms with Crippen molar-refractivity contribution >= 4 is 5.91 Å². The van der Waals surface area contributed by atoms with Crippen molar-refractivity contribution in [1.82, 2.24) is 26.0 Å². The van der Waals surface area contributed by atoms with Gasteiger partial charge in [0, 0.05) is 38.8 Å². The number of piperazine rings is 1. The van der Waals surface area contributed by atoms with Crippen molar-refractivity contribution in [2.24, 2.45) is 0 Å². The van der Waals surface area contributed by atoms with Gasteiger partial charge in [-0.15, -0.1) is 0 Å². The monoisotopic (exact) mass is 331 g/mol. The van der Waals surface area contributed by atoms with Crippen molar-refractivity contribution in [2.75, 3.05) is 46.3 Å². The molecule has 0 radical (unpaired) electrons. The van der Waals surface area contributed by atoms with E-state index < -0.39 is 0 Å². The maximum atomic E-state index is 12.3. The Morgan fingerprint density at radius 3 is 2.67 bits per heavy atom. The highest BCUT2D eigenvalue weighted by atomic mass is 16.2. The van der Waals surface area contributed by atoms with Crippen LogP contribution in [-0.2, 0) is 4.79 Å². The Labute approximate surface area is 144 Å². The number of hydrogen-bond donors (Lipinski definition) is 3. The number of hydrogen-bond acceptors (Lipinski definition) is 5. The van der Waals surface area contributed by atoms with Gasteiger partial charge in [-0.05, 0) is 32.0 Å². The van der Waals surface area contributed by atoms with Gasteiger partial charge < -0.3 is 15.1 Å². The van der Waals surface area contributed by atoms with Crippen LogP contribution >= 0.6 is 0 Å². The number of nitrogens with one attached hydrogen (secondary N) is 3. The van der Waals surface area contributed by atoms with Crippen LogP contribution < -0.4 is 16.2 Å². The molecule has 2 atom stereocenters.